The van der Waals surface area contributed by atoms with Crippen LogP contribution < -0.4 is 0 Å². The second kappa shape index (κ2) is 4.80. The van der Waals surface area contributed by atoms with Gasteiger partial charge in [0.25, 0.3) is 0 Å². The van der Waals surface area contributed by atoms with Crippen LogP contribution in [-0.4, -0.2) is 45.4 Å². The molecule has 1 aliphatic rings. The van der Waals surface area contributed by atoms with Crippen molar-refractivity contribution in [3.63, 3.8) is 0 Å². The van der Waals surface area contributed by atoms with Crippen molar-refractivity contribution in [2.24, 2.45) is 5.92 Å². The van der Waals surface area contributed by atoms with Crippen molar-refractivity contribution < 1.29 is 24.6 Å². The number of rotatable bonds is 5. The average molecular weight is 255 g/mol. The van der Waals surface area contributed by atoms with E-state index in [4.69, 9.17) is 0 Å². The van der Waals surface area contributed by atoms with Gasteiger partial charge in [0.2, 0.25) is 0 Å². The third-order valence-electron chi connectivity index (χ3n) is 3.77. The number of hydrogen-bond donors (Lipinski definition) is 2. The minimum Gasteiger partial charge on any atom is -0.479 e. The SMILES string of the molecule is CCN1C(C=O)=C(C(=O)O)C(C)C1(CC)C(=O)O. The number of aldehydes is 1. The van der Waals surface area contributed by atoms with Gasteiger partial charge in [0, 0.05) is 12.5 Å². The van der Waals surface area contributed by atoms with E-state index in [-0.39, 0.29) is 24.2 Å². The van der Waals surface area contributed by atoms with Crippen LogP contribution in [0.5, 0.6) is 0 Å². The van der Waals surface area contributed by atoms with Gasteiger partial charge in [-0.25, -0.2) is 9.59 Å². The molecule has 2 atom stereocenters. The van der Waals surface area contributed by atoms with Crippen LogP contribution in [0.1, 0.15) is 27.2 Å². The van der Waals surface area contributed by atoms with E-state index in [1.807, 2.05) is 0 Å². The van der Waals surface area contributed by atoms with Gasteiger partial charge in [0.15, 0.2) is 6.29 Å². The first-order chi connectivity index (χ1) is 8.38. The maximum Gasteiger partial charge on any atom is 0.334 e. The van der Waals surface area contributed by atoms with Crippen molar-refractivity contribution in [1.29, 1.82) is 0 Å². The quantitative estimate of drug-likeness (QED) is 0.703. The summed E-state index contributed by atoms with van der Waals surface area (Å²) in [5.41, 5.74) is -1.49. The molecule has 0 aromatic rings. The highest BCUT2D eigenvalue weighted by molar-refractivity contribution is 5.99. The number of likely N-dealkylation sites (N-methyl/N-ethyl adjacent to an activating group) is 1. The van der Waals surface area contributed by atoms with Gasteiger partial charge < -0.3 is 15.1 Å². The molecule has 0 aliphatic carbocycles. The predicted molar refractivity (Wildman–Crippen MR) is 62.9 cm³/mol. The summed E-state index contributed by atoms with van der Waals surface area (Å²) >= 11 is 0. The lowest BCUT2D eigenvalue weighted by molar-refractivity contribution is -0.152. The van der Waals surface area contributed by atoms with Gasteiger partial charge >= 0.3 is 11.9 Å². The zero-order valence-corrected chi connectivity index (χ0v) is 10.6. The minimum atomic E-state index is -1.35. The van der Waals surface area contributed by atoms with Crippen LogP contribution in [0, 0.1) is 5.92 Å². The maximum atomic E-state index is 11.6. The van der Waals surface area contributed by atoms with Crippen LogP contribution >= 0.6 is 0 Å². The number of carbonyl (C=O) groups excluding carboxylic acids is 1. The van der Waals surface area contributed by atoms with Crippen molar-refractivity contribution in [2.75, 3.05) is 6.54 Å². The molecule has 0 bridgehead atoms. The van der Waals surface area contributed by atoms with Crippen LogP contribution in [0.15, 0.2) is 11.3 Å². The Bertz CT molecular complexity index is 428. The Labute approximate surface area is 105 Å². The highest BCUT2D eigenvalue weighted by atomic mass is 16.4. The number of hydrogen-bond acceptors (Lipinski definition) is 4. The van der Waals surface area contributed by atoms with Crippen molar-refractivity contribution >= 4 is 18.2 Å². The lowest BCUT2D eigenvalue weighted by atomic mass is 9.80. The van der Waals surface area contributed by atoms with Gasteiger partial charge in [-0.1, -0.05) is 13.8 Å². The summed E-state index contributed by atoms with van der Waals surface area (Å²) in [6, 6.07) is 0. The fraction of sp³-hybridized carbons (Fsp3) is 0.583. The van der Waals surface area contributed by atoms with Crippen molar-refractivity contribution in [3.8, 4) is 0 Å². The summed E-state index contributed by atoms with van der Waals surface area (Å²) < 4.78 is 0. The molecular formula is C12H17NO5. The summed E-state index contributed by atoms with van der Waals surface area (Å²) in [7, 11) is 0. The molecule has 1 rings (SSSR count). The molecule has 1 aliphatic heterocycles. The molecule has 0 aromatic heterocycles. The van der Waals surface area contributed by atoms with E-state index in [1.54, 1.807) is 20.8 Å². The van der Waals surface area contributed by atoms with E-state index in [0.717, 1.165) is 0 Å². The molecule has 0 spiro atoms. The Balaban J connectivity index is 3.51. The minimum absolute atomic E-state index is 0.0262. The summed E-state index contributed by atoms with van der Waals surface area (Å²) in [4.78, 5) is 35.3. The zero-order chi connectivity index (χ0) is 14.1. The molecule has 0 amide bonds. The fourth-order valence-electron chi connectivity index (χ4n) is 2.88. The number of carboxylic acid groups (broad SMARTS) is 2. The number of aliphatic carboxylic acids is 2. The Morgan fingerprint density at radius 1 is 1.39 bits per heavy atom. The van der Waals surface area contributed by atoms with Crippen LogP contribution in [0.25, 0.3) is 0 Å². The Hall–Kier alpha value is -1.85. The third kappa shape index (κ3) is 1.60. The number of allylic oxidation sites excluding steroid dienone is 1. The monoisotopic (exact) mass is 255 g/mol. The van der Waals surface area contributed by atoms with Crippen LogP contribution in [0.3, 0.4) is 0 Å². The summed E-state index contributed by atoms with van der Waals surface area (Å²) in [6.07, 6.45) is 0.662. The largest absolute Gasteiger partial charge is 0.479 e. The number of carboxylic acids is 2. The van der Waals surface area contributed by atoms with Gasteiger partial charge in [0.1, 0.15) is 5.54 Å². The highest BCUT2D eigenvalue weighted by Crippen LogP contribution is 2.43. The van der Waals surface area contributed by atoms with Gasteiger partial charge in [-0.05, 0) is 13.3 Å². The van der Waals surface area contributed by atoms with Crippen molar-refractivity contribution in [2.45, 2.75) is 32.7 Å². The molecular weight excluding hydrogens is 238 g/mol. The van der Waals surface area contributed by atoms with Gasteiger partial charge in [-0.15, -0.1) is 0 Å². The Kier molecular flexibility index (Phi) is 3.79. The third-order valence-corrected chi connectivity index (χ3v) is 3.77. The standard InChI is InChI=1S/C12H17NO5/c1-4-12(11(17)18)7(3)9(10(15)16)8(6-14)13(12)5-2/h6-7H,4-5H2,1-3H3,(H,15,16)(H,17,18). The van der Waals surface area contributed by atoms with Crippen molar-refractivity contribution in [1.82, 2.24) is 4.90 Å². The lowest BCUT2D eigenvalue weighted by Gasteiger charge is -2.38. The molecule has 6 heteroatoms. The maximum absolute atomic E-state index is 11.6. The van der Waals surface area contributed by atoms with E-state index in [1.165, 1.54) is 4.90 Å². The number of carbonyl (C=O) groups is 3. The smallest absolute Gasteiger partial charge is 0.334 e. The molecule has 0 saturated heterocycles. The molecule has 2 N–H and O–H groups in total. The van der Waals surface area contributed by atoms with E-state index >= 15 is 0 Å². The number of nitrogens with zero attached hydrogens (tertiary/aromatic N) is 1. The normalized spacial score (nSPS) is 27.5. The fourth-order valence-corrected chi connectivity index (χ4v) is 2.88. The first kappa shape index (κ1) is 14.2. The molecule has 0 aromatic carbocycles. The molecule has 18 heavy (non-hydrogen) atoms. The Morgan fingerprint density at radius 2 is 1.94 bits per heavy atom. The molecule has 100 valence electrons. The molecule has 0 radical (unpaired) electrons. The van der Waals surface area contributed by atoms with Crippen LogP contribution in [0.4, 0.5) is 0 Å². The summed E-state index contributed by atoms with van der Waals surface area (Å²) in [5, 5.41) is 18.6. The lowest BCUT2D eigenvalue weighted by Crippen LogP contribution is -2.54. The Morgan fingerprint density at radius 3 is 2.22 bits per heavy atom. The first-order valence-corrected chi connectivity index (χ1v) is 5.82. The van der Waals surface area contributed by atoms with Crippen LogP contribution in [-0.2, 0) is 14.4 Å². The summed E-state index contributed by atoms with van der Waals surface area (Å²) in [5.74, 6) is -3.08. The molecule has 2 unspecified atom stereocenters. The molecule has 6 nitrogen and oxygen atoms in total. The van der Waals surface area contributed by atoms with E-state index in [2.05, 4.69) is 0 Å². The first-order valence-electron chi connectivity index (χ1n) is 5.82. The van der Waals surface area contributed by atoms with Gasteiger partial charge in [-0.3, -0.25) is 4.79 Å². The van der Waals surface area contributed by atoms with E-state index < -0.39 is 23.4 Å². The van der Waals surface area contributed by atoms with E-state index in [0.29, 0.717) is 6.29 Å². The average Bonchev–Trinajstić information content (AvgIpc) is 2.57. The molecule has 0 saturated carbocycles. The van der Waals surface area contributed by atoms with Crippen molar-refractivity contribution in [3.05, 3.63) is 11.3 Å². The summed E-state index contributed by atoms with van der Waals surface area (Å²) in [6.45, 7) is 5.20. The van der Waals surface area contributed by atoms with E-state index in [9.17, 15) is 24.6 Å². The van der Waals surface area contributed by atoms with Crippen LogP contribution in [0.2, 0.25) is 0 Å². The predicted octanol–water partition coefficient (Wildman–Crippen LogP) is 0.729. The molecule has 0 fully saturated rings. The van der Waals surface area contributed by atoms with Gasteiger partial charge in [-0.2, -0.15) is 0 Å². The molecule has 1 heterocycles. The second-order valence-electron chi connectivity index (χ2n) is 4.27. The topological polar surface area (TPSA) is 94.9 Å². The second-order valence-corrected chi connectivity index (χ2v) is 4.27. The van der Waals surface area contributed by atoms with Gasteiger partial charge in [0.05, 0.1) is 11.3 Å². The highest BCUT2D eigenvalue weighted by Gasteiger charge is 2.56. The zero-order valence-electron chi connectivity index (χ0n) is 10.6.